The number of nitrogens with one attached hydrogen (secondary N) is 3. The van der Waals surface area contributed by atoms with Gasteiger partial charge in [-0.05, 0) is 42.7 Å². The molecule has 156 valence electrons. The van der Waals surface area contributed by atoms with Crippen LogP contribution in [0.4, 0.5) is 22.2 Å². The second-order valence-electron chi connectivity index (χ2n) is 6.56. The molecule has 1 heterocycles. The minimum Gasteiger partial charge on any atom is -0.330 e. The Morgan fingerprint density at radius 2 is 1.80 bits per heavy atom. The van der Waals surface area contributed by atoms with Crippen molar-refractivity contribution < 1.29 is 9.59 Å². The first-order valence-electron chi connectivity index (χ1n) is 9.44. The molecule has 2 aromatic carbocycles. The number of hydrogen-bond donors (Lipinski definition) is 3. The average molecular weight is 442 g/mol. The molecule has 0 saturated carbocycles. The topological polar surface area (TPSA) is 96.0 Å². The summed E-state index contributed by atoms with van der Waals surface area (Å²) in [4.78, 5) is 23.4. The minimum absolute atomic E-state index is 0.156. The van der Waals surface area contributed by atoms with E-state index < -0.39 is 0 Å². The summed E-state index contributed by atoms with van der Waals surface area (Å²) < 4.78 is 0.714. The number of aryl methyl sites for hydroxylation is 2. The number of anilines is 4. The maximum atomic E-state index is 12.3. The van der Waals surface area contributed by atoms with Gasteiger partial charge in [0.2, 0.25) is 16.9 Å². The highest BCUT2D eigenvalue weighted by Gasteiger charge is 2.11. The first-order valence-corrected chi connectivity index (χ1v) is 11.2. The van der Waals surface area contributed by atoms with E-state index in [0.717, 1.165) is 17.7 Å². The molecule has 0 aliphatic heterocycles. The predicted molar refractivity (Wildman–Crippen MR) is 124 cm³/mol. The van der Waals surface area contributed by atoms with Crippen molar-refractivity contribution in [2.24, 2.45) is 0 Å². The summed E-state index contributed by atoms with van der Waals surface area (Å²) in [5, 5.41) is 17.9. The monoisotopic (exact) mass is 441 g/mol. The molecule has 1 aromatic heterocycles. The Bertz CT molecular complexity index is 1050. The third kappa shape index (κ3) is 6.04. The molecule has 0 radical (unpaired) electrons. The Morgan fingerprint density at radius 3 is 2.53 bits per heavy atom. The molecule has 0 aliphatic rings. The van der Waals surface area contributed by atoms with E-state index in [2.05, 4.69) is 52.1 Å². The molecule has 7 nitrogen and oxygen atoms in total. The van der Waals surface area contributed by atoms with Crippen LogP contribution in [0.5, 0.6) is 0 Å². The zero-order valence-corrected chi connectivity index (χ0v) is 18.6. The van der Waals surface area contributed by atoms with Gasteiger partial charge in [0.15, 0.2) is 4.34 Å². The van der Waals surface area contributed by atoms with E-state index >= 15 is 0 Å². The van der Waals surface area contributed by atoms with Gasteiger partial charge >= 0.3 is 0 Å². The maximum absolute atomic E-state index is 12.3. The van der Waals surface area contributed by atoms with E-state index in [0.29, 0.717) is 20.8 Å². The standard InChI is InChI=1S/C21H23N5O2S2/c1-4-15-8-5-7-13(2)19(15)24-20-25-26-21(30-20)29-12-18(28)23-17-10-6-9-16(11-17)22-14(3)27/h5-11H,4,12H2,1-3H3,(H,22,27)(H,23,28)(H,24,25). The predicted octanol–water partition coefficient (Wildman–Crippen LogP) is 4.84. The normalized spacial score (nSPS) is 10.5. The quantitative estimate of drug-likeness (QED) is 0.433. The number of amides is 2. The fourth-order valence-corrected chi connectivity index (χ4v) is 4.39. The summed E-state index contributed by atoms with van der Waals surface area (Å²) in [6, 6.07) is 13.2. The van der Waals surface area contributed by atoms with E-state index in [4.69, 9.17) is 0 Å². The van der Waals surface area contributed by atoms with Gasteiger partial charge in [-0.3, -0.25) is 9.59 Å². The van der Waals surface area contributed by atoms with Crippen LogP contribution in [0.3, 0.4) is 0 Å². The number of carbonyl (C=O) groups excluding carboxylic acids is 2. The average Bonchev–Trinajstić information content (AvgIpc) is 3.15. The fourth-order valence-electron chi connectivity index (χ4n) is 2.83. The van der Waals surface area contributed by atoms with Gasteiger partial charge in [-0.15, -0.1) is 10.2 Å². The Hall–Kier alpha value is -2.91. The number of carbonyl (C=O) groups is 2. The highest BCUT2D eigenvalue weighted by atomic mass is 32.2. The number of hydrogen-bond acceptors (Lipinski definition) is 7. The van der Waals surface area contributed by atoms with Gasteiger partial charge in [-0.2, -0.15) is 0 Å². The summed E-state index contributed by atoms with van der Waals surface area (Å²) in [7, 11) is 0. The number of rotatable bonds is 8. The molecule has 0 spiro atoms. The van der Waals surface area contributed by atoms with Gasteiger partial charge in [0.05, 0.1) is 5.75 Å². The molecule has 3 N–H and O–H groups in total. The van der Waals surface area contributed by atoms with Crippen LogP contribution in [0.25, 0.3) is 0 Å². The van der Waals surface area contributed by atoms with E-state index in [1.165, 1.54) is 35.6 Å². The first kappa shape index (κ1) is 21.8. The fraction of sp³-hybridized carbons (Fsp3) is 0.238. The lowest BCUT2D eigenvalue weighted by molar-refractivity contribution is -0.114. The van der Waals surface area contributed by atoms with Crippen molar-refractivity contribution in [1.29, 1.82) is 0 Å². The third-order valence-electron chi connectivity index (χ3n) is 4.17. The van der Waals surface area contributed by atoms with E-state index in [-0.39, 0.29) is 17.6 Å². The second kappa shape index (κ2) is 10.2. The lowest BCUT2D eigenvalue weighted by Gasteiger charge is -2.11. The molecule has 0 aliphatic carbocycles. The van der Waals surface area contributed by atoms with Crippen molar-refractivity contribution in [3.8, 4) is 0 Å². The lowest BCUT2D eigenvalue weighted by atomic mass is 10.1. The molecular weight excluding hydrogens is 418 g/mol. The number of para-hydroxylation sites is 1. The van der Waals surface area contributed by atoms with Crippen LogP contribution in [0.15, 0.2) is 46.8 Å². The Labute approximate surface area is 183 Å². The third-order valence-corrected chi connectivity index (χ3v) is 6.14. The summed E-state index contributed by atoms with van der Waals surface area (Å²) >= 11 is 2.75. The molecule has 0 unspecified atom stereocenters. The second-order valence-corrected chi connectivity index (χ2v) is 8.76. The minimum atomic E-state index is -0.161. The molecule has 0 atom stereocenters. The summed E-state index contributed by atoms with van der Waals surface area (Å²) in [5.41, 5.74) is 4.69. The van der Waals surface area contributed by atoms with Crippen LogP contribution in [0.1, 0.15) is 25.0 Å². The maximum Gasteiger partial charge on any atom is 0.234 e. The number of benzene rings is 2. The van der Waals surface area contributed by atoms with Crippen LogP contribution < -0.4 is 16.0 Å². The Kier molecular flexibility index (Phi) is 7.42. The van der Waals surface area contributed by atoms with Crippen molar-refractivity contribution >= 4 is 57.1 Å². The van der Waals surface area contributed by atoms with Crippen molar-refractivity contribution in [3.63, 3.8) is 0 Å². The molecule has 3 aromatic rings. The Balaban J connectivity index is 1.56. The van der Waals surface area contributed by atoms with Gasteiger partial charge in [-0.1, -0.05) is 54.3 Å². The highest BCUT2D eigenvalue weighted by molar-refractivity contribution is 8.01. The molecule has 0 fully saturated rings. The van der Waals surface area contributed by atoms with Crippen LogP contribution in [0.2, 0.25) is 0 Å². The summed E-state index contributed by atoms with van der Waals surface area (Å²) in [5.74, 6) is -0.104. The van der Waals surface area contributed by atoms with Gasteiger partial charge in [-0.25, -0.2) is 0 Å². The van der Waals surface area contributed by atoms with Crippen molar-refractivity contribution in [2.75, 3.05) is 21.7 Å². The van der Waals surface area contributed by atoms with Crippen molar-refractivity contribution in [3.05, 3.63) is 53.6 Å². The molecule has 3 rings (SSSR count). The van der Waals surface area contributed by atoms with Gasteiger partial charge in [0.1, 0.15) is 0 Å². The molecule has 0 saturated heterocycles. The van der Waals surface area contributed by atoms with E-state index in [9.17, 15) is 9.59 Å². The summed E-state index contributed by atoms with van der Waals surface area (Å²) in [6.07, 6.45) is 0.924. The van der Waals surface area contributed by atoms with Crippen LogP contribution in [-0.2, 0) is 16.0 Å². The summed E-state index contributed by atoms with van der Waals surface area (Å²) in [6.45, 7) is 5.62. The number of aromatic nitrogens is 2. The highest BCUT2D eigenvalue weighted by Crippen LogP contribution is 2.30. The zero-order chi connectivity index (χ0) is 21.5. The smallest absolute Gasteiger partial charge is 0.234 e. The molecule has 9 heteroatoms. The molecule has 2 amide bonds. The van der Waals surface area contributed by atoms with Crippen LogP contribution >= 0.6 is 23.1 Å². The van der Waals surface area contributed by atoms with Crippen molar-refractivity contribution in [1.82, 2.24) is 10.2 Å². The van der Waals surface area contributed by atoms with E-state index in [1.54, 1.807) is 24.3 Å². The van der Waals surface area contributed by atoms with Crippen LogP contribution in [0, 0.1) is 6.92 Å². The lowest BCUT2D eigenvalue weighted by Crippen LogP contribution is -2.14. The zero-order valence-electron chi connectivity index (χ0n) is 17.0. The van der Waals surface area contributed by atoms with Gasteiger partial charge < -0.3 is 16.0 Å². The van der Waals surface area contributed by atoms with Gasteiger partial charge in [0.25, 0.3) is 0 Å². The molecular formula is C21H23N5O2S2. The molecule has 30 heavy (non-hydrogen) atoms. The first-order chi connectivity index (χ1) is 14.4. The largest absolute Gasteiger partial charge is 0.330 e. The molecule has 0 bridgehead atoms. The van der Waals surface area contributed by atoms with Crippen molar-refractivity contribution in [2.45, 2.75) is 31.5 Å². The SMILES string of the molecule is CCc1cccc(C)c1Nc1nnc(SCC(=O)Nc2cccc(NC(C)=O)c2)s1. The van der Waals surface area contributed by atoms with Gasteiger partial charge in [0, 0.05) is 24.0 Å². The number of thioether (sulfide) groups is 1. The van der Waals surface area contributed by atoms with Crippen LogP contribution in [-0.4, -0.2) is 27.8 Å². The van der Waals surface area contributed by atoms with E-state index in [1.807, 2.05) is 6.07 Å². The Morgan fingerprint density at radius 1 is 1.07 bits per heavy atom. The number of nitrogens with zero attached hydrogens (tertiary/aromatic N) is 2.